The van der Waals surface area contributed by atoms with Crippen molar-refractivity contribution in [1.82, 2.24) is 15.3 Å². The van der Waals surface area contributed by atoms with Crippen LogP contribution in [0.4, 0.5) is 5.95 Å². The molecule has 88 valence electrons. The molecule has 0 spiro atoms. The summed E-state index contributed by atoms with van der Waals surface area (Å²) in [5.41, 5.74) is 6.50. The molecule has 0 saturated carbocycles. The van der Waals surface area contributed by atoms with E-state index in [1.807, 2.05) is 0 Å². The van der Waals surface area contributed by atoms with E-state index in [-0.39, 0.29) is 11.9 Å². The van der Waals surface area contributed by atoms with Gasteiger partial charge in [-0.3, -0.25) is 4.79 Å². The van der Waals surface area contributed by atoms with E-state index in [1.165, 1.54) is 0 Å². The molecule has 0 saturated heterocycles. The highest BCUT2D eigenvalue weighted by atomic mass is 16.1. The zero-order valence-corrected chi connectivity index (χ0v) is 9.95. The van der Waals surface area contributed by atoms with E-state index in [2.05, 4.69) is 29.1 Å². The molecule has 0 aromatic carbocycles. The smallest absolute Gasteiger partial charge is 0.270 e. The van der Waals surface area contributed by atoms with Crippen molar-refractivity contribution in [3.05, 3.63) is 17.5 Å². The fourth-order valence-corrected chi connectivity index (χ4v) is 1.27. The summed E-state index contributed by atoms with van der Waals surface area (Å²) in [5, 5.41) is 2.80. The van der Waals surface area contributed by atoms with Gasteiger partial charge in [-0.15, -0.1) is 0 Å². The number of anilines is 1. The average molecular weight is 222 g/mol. The molecule has 1 heterocycles. The first-order valence-corrected chi connectivity index (χ1v) is 5.38. The molecule has 1 rings (SSSR count). The molecular formula is C11H18N4O. The maximum absolute atomic E-state index is 11.7. The molecule has 16 heavy (non-hydrogen) atoms. The van der Waals surface area contributed by atoms with Gasteiger partial charge in [-0.1, -0.05) is 13.8 Å². The lowest BCUT2D eigenvalue weighted by molar-refractivity contribution is 0.0947. The Labute approximate surface area is 95.5 Å². The summed E-state index contributed by atoms with van der Waals surface area (Å²) in [6.45, 7) is 6.65. The third-order valence-electron chi connectivity index (χ3n) is 2.11. The van der Waals surface area contributed by atoms with Crippen molar-refractivity contribution in [1.29, 1.82) is 0 Å². The Morgan fingerprint density at radius 3 is 2.75 bits per heavy atom. The quantitative estimate of drug-likeness (QED) is 0.800. The summed E-state index contributed by atoms with van der Waals surface area (Å²) in [6.07, 6.45) is 0.950. The Morgan fingerprint density at radius 1 is 1.50 bits per heavy atom. The molecule has 0 unspecified atom stereocenters. The van der Waals surface area contributed by atoms with Gasteiger partial charge in [-0.05, 0) is 25.3 Å². The third-order valence-corrected chi connectivity index (χ3v) is 2.11. The average Bonchev–Trinajstić information content (AvgIpc) is 2.15. The first-order valence-electron chi connectivity index (χ1n) is 5.38. The first kappa shape index (κ1) is 12.4. The second-order valence-corrected chi connectivity index (χ2v) is 4.19. The molecule has 5 heteroatoms. The van der Waals surface area contributed by atoms with Gasteiger partial charge in [0.1, 0.15) is 5.69 Å². The van der Waals surface area contributed by atoms with E-state index >= 15 is 0 Å². The second kappa shape index (κ2) is 5.44. The van der Waals surface area contributed by atoms with Crippen LogP contribution in [-0.4, -0.2) is 22.4 Å². The SMILES string of the molecule is Cc1cc(C(=O)NCCC(C)C)nc(N)n1. The molecule has 0 aliphatic heterocycles. The van der Waals surface area contributed by atoms with Crippen molar-refractivity contribution < 1.29 is 4.79 Å². The van der Waals surface area contributed by atoms with E-state index in [4.69, 9.17) is 5.73 Å². The zero-order valence-electron chi connectivity index (χ0n) is 9.95. The van der Waals surface area contributed by atoms with Gasteiger partial charge in [-0.25, -0.2) is 9.97 Å². The first-order chi connectivity index (χ1) is 7.49. The lowest BCUT2D eigenvalue weighted by atomic mass is 10.1. The van der Waals surface area contributed by atoms with Crippen molar-refractivity contribution in [3.8, 4) is 0 Å². The number of aryl methyl sites for hydroxylation is 1. The number of nitrogens with one attached hydrogen (secondary N) is 1. The van der Waals surface area contributed by atoms with Crippen LogP contribution in [0.3, 0.4) is 0 Å². The molecular weight excluding hydrogens is 204 g/mol. The summed E-state index contributed by atoms with van der Waals surface area (Å²) >= 11 is 0. The summed E-state index contributed by atoms with van der Waals surface area (Å²) < 4.78 is 0. The summed E-state index contributed by atoms with van der Waals surface area (Å²) in [6, 6.07) is 1.63. The van der Waals surface area contributed by atoms with Gasteiger partial charge in [0.15, 0.2) is 0 Å². The minimum atomic E-state index is -0.196. The normalized spacial score (nSPS) is 10.5. The monoisotopic (exact) mass is 222 g/mol. The molecule has 0 aliphatic carbocycles. The molecule has 3 N–H and O–H groups in total. The van der Waals surface area contributed by atoms with Crippen LogP contribution >= 0.6 is 0 Å². The number of nitrogens with two attached hydrogens (primary N) is 1. The standard InChI is InChI=1S/C11H18N4O/c1-7(2)4-5-13-10(16)9-6-8(3)14-11(12)15-9/h6-7H,4-5H2,1-3H3,(H,13,16)(H2,12,14,15). The summed E-state index contributed by atoms with van der Waals surface area (Å²) in [4.78, 5) is 19.5. The second-order valence-electron chi connectivity index (χ2n) is 4.19. The largest absolute Gasteiger partial charge is 0.368 e. The molecule has 0 atom stereocenters. The van der Waals surface area contributed by atoms with Crippen LogP contribution in [-0.2, 0) is 0 Å². The van der Waals surface area contributed by atoms with Gasteiger partial charge in [0, 0.05) is 12.2 Å². The van der Waals surface area contributed by atoms with E-state index in [0.29, 0.717) is 23.9 Å². The Morgan fingerprint density at radius 2 is 2.19 bits per heavy atom. The molecule has 1 aromatic rings. The molecule has 0 fully saturated rings. The van der Waals surface area contributed by atoms with Crippen molar-refractivity contribution in [2.24, 2.45) is 5.92 Å². The number of aromatic nitrogens is 2. The van der Waals surface area contributed by atoms with E-state index in [9.17, 15) is 4.79 Å². The minimum Gasteiger partial charge on any atom is -0.368 e. The van der Waals surface area contributed by atoms with Crippen molar-refractivity contribution >= 4 is 11.9 Å². The molecule has 0 radical (unpaired) electrons. The van der Waals surface area contributed by atoms with Gasteiger partial charge >= 0.3 is 0 Å². The fourth-order valence-electron chi connectivity index (χ4n) is 1.27. The van der Waals surface area contributed by atoms with E-state index in [0.717, 1.165) is 6.42 Å². The molecule has 0 bridgehead atoms. The van der Waals surface area contributed by atoms with Crippen LogP contribution in [0, 0.1) is 12.8 Å². The molecule has 5 nitrogen and oxygen atoms in total. The highest BCUT2D eigenvalue weighted by Gasteiger charge is 2.08. The number of amides is 1. The highest BCUT2D eigenvalue weighted by molar-refractivity contribution is 5.92. The number of nitrogens with zero attached hydrogens (tertiary/aromatic N) is 2. The number of nitrogen functional groups attached to an aromatic ring is 1. The summed E-state index contributed by atoms with van der Waals surface area (Å²) in [5.74, 6) is 0.504. The van der Waals surface area contributed by atoms with Gasteiger partial charge in [0.2, 0.25) is 5.95 Å². The zero-order chi connectivity index (χ0) is 12.1. The highest BCUT2D eigenvalue weighted by Crippen LogP contribution is 2.02. The van der Waals surface area contributed by atoms with Crippen molar-refractivity contribution in [3.63, 3.8) is 0 Å². The maximum atomic E-state index is 11.7. The number of rotatable bonds is 4. The Bertz CT molecular complexity index is 356. The predicted molar refractivity (Wildman–Crippen MR) is 63.0 cm³/mol. The van der Waals surface area contributed by atoms with Crippen LogP contribution in [0.1, 0.15) is 36.5 Å². The van der Waals surface area contributed by atoms with E-state index < -0.39 is 0 Å². The number of hydrogen-bond donors (Lipinski definition) is 2. The summed E-state index contributed by atoms with van der Waals surface area (Å²) in [7, 11) is 0. The number of carbonyl (C=O) groups is 1. The van der Waals surface area contributed by atoms with Gasteiger partial charge < -0.3 is 11.1 Å². The third kappa shape index (κ3) is 3.84. The van der Waals surface area contributed by atoms with Crippen LogP contribution in [0.2, 0.25) is 0 Å². The van der Waals surface area contributed by atoms with Crippen molar-refractivity contribution in [2.75, 3.05) is 12.3 Å². The van der Waals surface area contributed by atoms with Gasteiger partial charge in [-0.2, -0.15) is 0 Å². The van der Waals surface area contributed by atoms with Crippen LogP contribution in [0.25, 0.3) is 0 Å². The molecule has 1 aromatic heterocycles. The number of hydrogen-bond acceptors (Lipinski definition) is 4. The van der Waals surface area contributed by atoms with Gasteiger partial charge in [0.25, 0.3) is 5.91 Å². The lowest BCUT2D eigenvalue weighted by Gasteiger charge is -2.07. The Kier molecular flexibility index (Phi) is 4.22. The van der Waals surface area contributed by atoms with Crippen LogP contribution in [0.15, 0.2) is 6.07 Å². The fraction of sp³-hybridized carbons (Fsp3) is 0.545. The lowest BCUT2D eigenvalue weighted by Crippen LogP contribution is -2.26. The Balaban J connectivity index is 2.59. The minimum absolute atomic E-state index is 0.133. The Hall–Kier alpha value is -1.65. The molecule has 0 aliphatic rings. The van der Waals surface area contributed by atoms with Gasteiger partial charge in [0.05, 0.1) is 0 Å². The van der Waals surface area contributed by atoms with Crippen LogP contribution in [0.5, 0.6) is 0 Å². The van der Waals surface area contributed by atoms with Crippen molar-refractivity contribution in [2.45, 2.75) is 27.2 Å². The topological polar surface area (TPSA) is 80.9 Å². The maximum Gasteiger partial charge on any atom is 0.270 e. The number of carbonyl (C=O) groups excluding carboxylic acids is 1. The van der Waals surface area contributed by atoms with Crippen LogP contribution < -0.4 is 11.1 Å². The predicted octanol–water partition coefficient (Wildman–Crippen LogP) is 1.14. The molecule has 1 amide bonds. The van der Waals surface area contributed by atoms with E-state index in [1.54, 1.807) is 13.0 Å².